The molecule has 6 heterocycles. The molecular formula is C28H30O10. The van der Waals surface area contributed by atoms with E-state index in [9.17, 15) is 24.3 Å². The summed E-state index contributed by atoms with van der Waals surface area (Å²) in [7, 11) is 0. The van der Waals surface area contributed by atoms with Gasteiger partial charge in [-0.25, -0.2) is 4.79 Å². The molecule has 10 nitrogen and oxygen atoms in total. The molecular weight excluding hydrogens is 496 g/mol. The number of hydrogen-bond donors (Lipinski definition) is 1. The van der Waals surface area contributed by atoms with Gasteiger partial charge in [0.05, 0.1) is 30.0 Å². The maximum atomic E-state index is 14.9. The molecule has 2 unspecified atom stereocenters. The largest absolute Gasteiger partial charge is 0.458 e. The van der Waals surface area contributed by atoms with E-state index in [0.717, 1.165) is 0 Å². The Labute approximate surface area is 218 Å². The van der Waals surface area contributed by atoms with Crippen molar-refractivity contribution in [3.05, 3.63) is 12.2 Å². The lowest BCUT2D eigenvalue weighted by Gasteiger charge is -2.63. The van der Waals surface area contributed by atoms with Gasteiger partial charge in [-0.05, 0) is 63.4 Å². The summed E-state index contributed by atoms with van der Waals surface area (Å²) in [5.74, 6) is -6.56. The zero-order valence-electron chi connectivity index (χ0n) is 21.5. The zero-order chi connectivity index (χ0) is 26.5. The Morgan fingerprint density at radius 2 is 1.84 bits per heavy atom. The number of allylic oxidation sites excluding steroid dienone is 1. The van der Waals surface area contributed by atoms with E-state index in [-0.39, 0.29) is 43.5 Å². The van der Waals surface area contributed by atoms with Gasteiger partial charge in [0, 0.05) is 5.92 Å². The Bertz CT molecular complexity index is 1340. The summed E-state index contributed by atoms with van der Waals surface area (Å²) < 4.78 is 31.5. The molecule has 1 N–H and O–H groups in total. The van der Waals surface area contributed by atoms with E-state index < -0.39 is 80.7 Å². The van der Waals surface area contributed by atoms with E-state index in [1.165, 1.54) is 0 Å². The first-order valence-electron chi connectivity index (χ1n) is 13.8. The minimum Gasteiger partial charge on any atom is -0.458 e. The zero-order valence-corrected chi connectivity index (χ0v) is 21.5. The molecule has 3 aliphatic carbocycles. The number of Topliss-reactive ketones (excluding diaryl/α,β-unsaturated/α-hetero) is 1. The van der Waals surface area contributed by atoms with Gasteiger partial charge in [-0.1, -0.05) is 13.0 Å². The van der Waals surface area contributed by atoms with E-state index in [2.05, 4.69) is 0 Å². The average molecular weight is 527 g/mol. The van der Waals surface area contributed by atoms with E-state index >= 15 is 0 Å². The fourth-order valence-corrected chi connectivity index (χ4v) is 10.9. The highest BCUT2D eigenvalue weighted by atomic mass is 16.8. The molecule has 5 bridgehead atoms. The number of fused-ring (bicyclic) bond motifs is 4. The van der Waals surface area contributed by atoms with Crippen molar-refractivity contribution in [1.29, 1.82) is 0 Å². The summed E-state index contributed by atoms with van der Waals surface area (Å²) in [6, 6.07) is 0. The number of rotatable bonds is 0. The summed E-state index contributed by atoms with van der Waals surface area (Å²) >= 11 is 0. The molecule has 10 heteroatoms. The predicted octanol–water partition coefficient (Wildman–Crippen LogP) is 0.768. The highest BCUT2D eigenvalue weighted by Gasteiger charge is 2.94. The van der Waals surface area contributed by atoms with Crippen molar-refractivity contribution in [1.82, 2.24) is 0 Å². The monoisotopic (exact) mass is 526 g/mol. The highest BCUT2D eigenvalue weighted by Crippen LogP contribution is 2.77. The Kier molecular flexibility index (Phi) is 3.47. The molecule has 0 aromatic heterocycles. The highest BCUT2D eigenvalue weighted by molar-refractivity contribution is 6.00. The van der Waals surface area contributed by atoms with Gasteiger partial charge in [0.25, 0.3) is 0 Å². The predicted molar refractivity (Wildman–Crippen MR) is 122 cm³/mol. The van der Waals surface area contributed by atoms with Crippen molar-refractivity contribution in [2.75, 3.05) is 6.61 Å². The number of aliphatic hydroxyl groups is 1. The van der Waals surface area contributed by atoms with E-state index in [1.807, 2.05) is 19.9 Å². The Morgan fingerprint density at radius 1 is 1.05 bits per heavy atom. The van der Waals surface area contributed by atoms with Crippen LogP contribution < -0.4 is 0 Å². The molecule has 3 spiro atoms. The van der Waals surface area contributed by atoms with Gasteiger partial charge in [0.15, 0.2) is 28.4 Å². The molecule has 2 saturated carbocycles. The molecule has 9 rings (SSSR count). The van der Waals surface area contributed by atoms with Gasteiger partial charge in [0.1, 0.15) is 11.7 Å². The molecule has 6 saturated heterocycles. The topological polar surface area (TPSA) is 138 Å². The van der Waals surface area contributed by atoms with Crippen LogP contribution >= 0.6 is 0 Å². The number of carbonyl (C=O) groups is 4. The second-order valence-corrected chi connectivity index (χ2v) is 13.8. The van der Waals surface area contributed by atoms with Gasteiger partial charge in [0.2, 0.25) is 5.79 Å². The second kappa shape index (κ2) is 5.82. The third-order valence-corrected chi connectivity index (χ3v) is 12.9. The Balaban J connectivity index is 1.34. The van der Waals surface area contributed by atoms with Crippen LogP contribution in [0.3, 0.4) is 0 Å². The maximum absolute atomic E-state index is 14.9. The lowest BCUT2D eigenvalue weighted by molar-refractivity contribution is -0.375. The normalized spacial score (nSPS) is 64.1. The minimum absolute atomic E-state index is 0.0583. The van der Waals surface area contributed by atoms with Crippen LogP contribution in [0.15, 0.2) is 12.2 Å². The number of carbonyl (C=O) groups excluding carboxylic acids is 4. The van der Waals surface area contributed by atoms with Crippen LogP contribution in [-0.4, -0.2) is 75.6 Å². The lowest BCUT2D eigenvalue weighted by atomic mass is 9.46. The van der Waals surface area contributed by atoms with Crippen molar-refractivity contribution < 1.29 is 48.0 Å². The van der Waals surface area contributed by atoms with Crippen LogP contribution in [0.1, 0.15) is 52.9 Å². The molecule has 0 amide bonds. The molecule has 13 atom stereocenters. The third kappa shape index (κ3) is 1.79. The van der Waals surface area contributed by atoms with Crippen LogP contribution in [0.5, 0.6) is 0 Å². The first-order valence-corrected chi connectivity index (χ1v) is 13.8. The molecule has 0 aromatic rings. The Hall–Kier alpha value is -2.14. The number of ketones is 2. The minimum atomic E-state index is -2.19. The van der Waals surface area contributed by atoms with E-state index in [1.54, 1.807) is 13.0 Å². The molecule has 8 fully saturated rings. The number of esters is 2. The van der Waals surface area contributed by atoms with Gasteiger partial charge < -0.3 is 28.8 Å². The SMILES string of the molecule is C[C@@]12C[C@H]3OC(=O)[C@@H]1CO[C@]14O[C@@]5([C@H]2C1=O)[C@@]3(C)OC(=O)[C@@]5(O)CCC1C4C[C@H]2O[C@]23CC=CC(=O)[C@]13C. The fraction of sp³-hybridized carbons (Fsp3) is 0.786. The quantitative estimate of drug-likeness (QED) is 0.356. The molecule has 0 radical (unpaired) electrons. The van der Waals surface area contributed by atoms with Crippen LogP contribution in [0.25, 0.3) is 0 Å². The lowest BCUT2D eigenvalue weighted by Crippen LogP contribution is -2.79. The molecule has 0 aromatic carbocycles. The van der Waals surface area contributed by atoms with Crippen LogP contribution in [0, 0.1) is 34.5 Å². The van der Waals surface area contributed by atoms with Crippen molar-refractivity contribution in [3.8, 4) is 0 Å². The van der Waals surface area contributed by atoms with E-state index in [0.29, 0.717) is 12.8 Å². The standard InChI is InChI=1S/C28H30O10/c1-22-10-17-24(3)28-18(22)19(30)27(38-28,34-11-14(22)20(31)35-17)13-9-16-26(36-16)7-4-5-15(29)23(26,2)12(13)6-8-25(28,33)21(32)37-24/h4-5,12-14,16-18,33H,6-11H2,1-3H3/t12?,13?,14-,16+,17+,18-,22+,23-,24-,25-,26+,27+,28-/m0/s1. The third-order valence-electron chi connectivity index (χ3n) is 12.9. The molecule has 202 valence electrons. The van der Waals surface area contributed by atoms with Crippen molar-refractivity contribution in [2.24, 2.45) is 34.5 Å². The maximum Gasteiger partial charge on any atom is 0.342 e. The second-order valence-electron chi connectivity index (χ2n) is 13.8. The fourth-order valence-electron chi connectivity index (χ4n) is 10.9. The summed E-state index contributed by atoms with van der Waals surface area (Å²) in [6.45, 7) is 5.27. The van der Waals surface area contributed by atoms with Crippen LogP contribution in [-0.2, 0) is 42.9 Å². The van der Waals surface area contributed by atoms with Gasteiger partial charge >= 0.3 is 11.9 Å². The number of hydrogen-bond acceptors (Lipinski definition) is 10. The van der Waals surface area contributed by atoms with Crippen LogP contribution in [0.2, 0.25) is 0 Å². The molecule has 6 aliphatic heterocycles. The van der Waals surface area contributed by atoms with Gasteiger partial charge in [-0.2, -0.15) is 0 Å². The first-order chi connectivity index (χ1) is 17.9. The summed E-state index contributed by atoms with van der Waals surface area (Å²) in [4.78, 5) is 55.6. The summed E-state index contributed by atoms with van der Waals surface area (Å²) in [5.41, 5.74) is -8.23. The van der Waals surface area contributed by atoms with Crippen molar-refractivity contribution in [3.63, 3.8) is 0 Å². The van der Waals surface area contributed by atoms with Crippen LogP contribution in [0.4, 0.5) is 0 Å². The molecule has 9 aliphatic rings. The van der Waals surface area contributed by atoms with Gasteiger partial charge in [-0.15, -0.1) is 0 Å². The smallest absolute Gasteiger partial charge is 0.342 e. The van der Waals surface area contributed by atoms with E-state index in [4.69, 9.17) is 23.7 Å². The summed E-state index contributed by atoms with van der Waals surface area (Å²) in [5, 5.41) is 12.4. The summed E-state index contributed by atoms with van der Waals surface area (Å²) in [6.07, 6.45) is 3.82. The van der Waals surface area contributed by atoms with Gasteiger partial charge in [-0.3, -0.25) is 14.4 Å². The number of epoxide rings is 1. The number of ether oxygens (including phenoxy) is 5. The first kappa shape index (κ1) is 22.7. The van der Waals surface area contributed by atoms with Crippen molar-refractivity contribution in [2.45, 2.75) is 93.3 Å². The molecule has 38 heavy (non-hydrogen) atoms. The van der Waals surface area contributed by atoms with Crippen molar-refractivity contribution >= 4 is 23.5 Å². The average Bonchev–Trinajstić information content (AvgIpc) is 3.45. The Morgan fingerprint density at radius 3 is 2.63 bits per heavy atom.